The molecular weight excluding hydrogens is 394 g/mol. The summed E-state index contributed by atoms with van der Waals surface area (Å²) in [5.74, 6) is -1.58. The predicted molar refractivity (Wildman–Crippen MR) is 119 cm³/mol. The molecule has 0 amide bonds. The first-order valence-electron chi connectivity index (χ1n) is 9.95. The van der Waals surface area contributed by atoms with Gasteiger partial charge in [0.2, 0.25) is 0 Å². The van der Waals surface area contributed by atoms with E-state index in [9.17, 15) is 9.59 Å². The van der Waals surface area contributed by atoms with Crippen LogP contribution >= 0.6 is 0 Å². The van der Waals surface area contributed by atoms with Crippen molar-refractivity contribution in [3.05, 3.63) is 82.6 Å². The van der Waals surface area contributed by atoms with Crippen LogP contribution in [0.4, 0.5) is 5.69 Å². The van der Waals surface area contributed by atoms with E-state index >= 15 is 0 Å². The third-order valence-electron chi connectivity index (χ3n) is 5.44. The number of carbonyl (C=O) groups is 2. The average molecular weight is 421 g/mol. The first kappa shape index (κ1) is 22.2. The molecule has 0 aliphatic heterocycles. The molecule has 3 rings (SSSR count). The molecule has 0 fully saturated rings. The molecule has 6 nitrogen and oxygen atoms in total. The van der Waals surface area contributed by atoms with Gasteiger partial charge in [-0.15, -0.1) is 0 Å². The van der Waals surface area contributed by atoms with Gasteiger partial charge >= 0.3 is 11.9 Å². The number of hydrogen-bond acceptors (Lipinski definition) is 6. The lowest BCUT2D eigenvalue weighted by atomic mass is 9.72. The Bertz CT molecular complexity index is 1040. The zero-order chi connectivity index (χ0) is 22.5. The standard InChI is InChI=1S/C25H27NO5/c1-15-9-11-18(12-10-15)26-20-13-16(2)21(24(27)30-4)22(23(20)25(28)31-5)17-7-6-8-19(14-17)29-3/h6-14,21-22,26H,1-5H3/t21-,22+/m0/s1. The van der Waals surface area contributed by atoms with Crippen LogP contribution in [-0.4, -0.2) is 33.3 Å². The summed E-state index contributed by atoms with van der Waals surface area (Å²) in [5, 5.41) is 3.33. The van der Waals surface area contributed by atoms with Crippen molar-refractivity contribution in [3.8, 4) is 5.75 Å². The maximum absolute atomic E-state index is 13.0. The smallest absolute Gasteiger partial charge is 0.336 e. The van der Waals surface area contributed by atoms with E-state index in [0.717, 1.165) is 22.4 Å². The molecule has 0 aromatic heterocycles. The Hall–Kier alpha value is -3.54. The van der Waals surface area contributed by atoms with Crippen molar-refractivity contribution in [3.63, 3.8) is 0 Å². The zero-order valence-corrected chi connectivity index (χ0v) is 18.4. The first-order chi connectivity index (χ1) is 14.9. The van der Waals surface area contributed by atoms with Crippen molar-refractivity contribution in [1.82, 2.24) is 0 Å². The van der Waals surface area contributed by atoms with Gasteiger partial charge in [0.15, 0.2) is 0 Å². The van der Waals surface area contributed by atoms with Crippen molar-refractivity contribution < 1.29 is 23.8 Å². The second-order valence-electron chi connectivity index (χ2n) is 7.45. The van der Waals surface area contributed by atoms with Gasteiger partial charge in [0.05, 0.1) is 32.8 Å². The topological polar surface area (TPSA) is 73.9 Å². The predicted octanol–water partition coefficient (Wildman–Crippen LogP) is 4.38. The fraction of sp³-hybridized carbons (Fsp3) is 0.280. The molecule has 2 aromatic carbocycles. The number of ether oxygens (including phenoxy) is 3. The number of allylic oxidation sites excluding steroid dienone is 1. The Labute approximate surface area is 182 Å². The molecule has 0 heterocycles. The molecule has 0 radical (unpaired) electrons. The molecule has 2 aromatic rings. The highest BCUT2D eigenvalue weighted by Gasteiger charge is 2.42. The summed E-state index contributed by atoms with van der Waals surface area (Å²) in [6.45, 7) is 3.87. The number of aryl methyl sites for hydroxylation is 1. The molecule has 0 saturated carbocycles. The minimum atomic E-state index is -0.672. The number of anilines is 1. The lowest BCUT2D eigenvalue weighted by molar-refractivity contribution is -0.144. The van der Waals surface area contributed by atoms with Crippen LogP contribution in [0.3, 0.4) is 0 Å². The van der Waals surface area contributed by atoms with Crippen molar-refractivity contribution >= 4 is 17.6 Å². The number of hydrogen-bond donors (Lipinski definition) is 1. The van der Waals surface area contributed by atoms with Crippen molar-refractivity contribution in [2.24, 2.45) is 5.92 Å². The van der Waals surface area contributed by atoms with Gasteiger partial charge in [-0.25, -0.2) is 4.79 Å². The van der Waals surface area contributed by atoms with E-state index in [-0.39, 0.29) is 0 Å². The summed E-state index contributed by atoms with van der Waals surface area (Å²) in [6, 6.07) is 15.2. The molecular formula is C25H27NO5. The number of carbonyl (C=O) groups excluding carboxylic acids is 2. The molecule has 2 atom stereocenters. The number of methoxy groups -OCH3 is 3. The van der Waals surface area contributed by atoms with Gasteiger partial charge in [0.25, 0.3) is 0 Å². The summed E-state index contributed by atoms with van der Waals surface area (Å²) in [7, 11) is 4.25. The summed E-state index contributed by atoms with van der Waals surface area (Å²) >= 11 is 0. The SMILES string of the molecule is COC(=O)C1=C(Nc2ccc(C)cc2)C=C(C)[C@H](C(=O)OC)[C@H]1c1cccc(OC)c1. The second kappa shape index (κ2) is 9.51. The average Bonchev–Trinajstić information content (AvgIpc) is 2.79. The highest BCUT2D eigenvalue weighted by molar-refractivity contribution is 5.95. The van der Waals surface area contributed by atoms with E-state index in [4.69, 9.17) is 14.2 Å². The monoisotopic (exact) mass is 421 g/mol. The molecule has 1 N–H and O–H groups in total. The van der Waals surface area contributed by atoms with E-state index in [1.807, 2.05) is 68.5 Å². The number of benzene rings is 2. The van der Waals surface area contributed by atoms with Crippen LogP contribution in [-0.2, 0) is 19.1 Å². The zero-order valence-electron chi connectivity index (χ0n) is 18.4. The largest absolute Gasteiger partial charge is 0.497 e. The highest BCUT2D eigenvalue weighted by Crippen LogP contribution is 2.44. The minimum absolute atomic E-state index is 0.359. The number of esters is 2. The summed E-state index contributed by atoms with van der Waals surface area (Å²) < 4.78 is 15.6. The highest BCUT2D eigenvalue weighted by atomic mass is 16.5. The van der Waals surface area contributed by atoms with E-state index < -0.39 is 23.8 Å². The molecule has 0 spiro atoms. The number of rotatable bonds is 6. The second-order valence-corrected chi connectivity index (χ2v) is 7.45. The Morgan fingerprint density at radius 2 is 1.65 bits per heavy atom. The van der Waals surface area contributed by atoms with E-state index in [1.54, 1.807) is 7.11 Å². The minimum Gasteiger partial charge on any atom is -0.497 e. The lowest BCUT2D eigenvalue weighted by Crippen LogP contribution is -2.33. The van der Waals surface area contributed by atoms with Crippen LogP contribution in [0, 0.1) is 12.8 Å². The van der Waals surface area contributed by atoms with E-state index in [1.165, 1.54) is 14.2 Å². The van der Waals surface area contributed by atoms with Gasteiger partial charge in [-0.3, -0.25) is 4.79 Å². The van der Waals surface area contributed by atoms with Gasteiger partial charge < -0.3 is 19.5 Å². The van der Waals surface area contributed by atoms with Crippen molar-refractivity contribution in [2.75, 3.05) is 26.6 Å². The fourth-order valence-electron chi connectivity index (χ4n) is 3.88. The normalized spacial score (nSPS) is 18.2. The van der Waals surface area contributed by atoms with Crippen LogP contribution < -0.4 is 10.1 Å². The molecule has 0 saturated heterocycles. The maximum atomic E-state index is 13.0. The van der Waals surface area contributed by atoms with Gasteiger partial charge in [-0.05, 0) is 49.8 Å². The van der Waals surface area contributed by atoms with Gasteiger partial charge in [0, 0.05) is 17.3 Å². The Morgan fingerprint density at radius 3 is 2.26 bits per heavy atom. The number of nitrogens with one attached hydrogen (secondary N) is 1. The van der Waals surface area contributed by atoms with Crippen LogP contribution in [0.15, 0.2) is 71.5 Å². The van der Waals surface area contributed by atoms with Crippen LogP contribution in [0.25, 0.3) is 0 Å². The first-order valence-corrected chi connectivity index (χ1v) is 9.95. The van der Waals surface area contributed by atoms with E-state index in [0.29, 0.717) is 17.0 Å². The van der Waals surface area contributed by atoms with Crippen molar-refractivity contribution in [2.45, 2.75) is 19.8 Å². The van der Waals surface area contributed by atoms with Gasteiger partial charge in [0.1, 0.15) is 5.75 Å². The van der Waals surface area contributed by atoms with Gasteiger partial charge in [-0.2, -0.15) is 0 Å². The Morgan fingerprint density at radius 1 is 0.935 bits per heavy atom. The summed E-state index contributed by atoms with van der Waals surface area (Å²) in [6.07, 6.45) is 1.81. The Balaban J connectivity index is 2.21. The molecule has 162 valence electrons. The summed E-state index contributed by atoms with van der Waals surface area (Å²) in [4.78, 5) is 25.8. The molecule has 1 aliphatic rings. The maximum Gasteiger partial charge on any atom is 0.336 e. The third-order valence-corrected chi connectivity index (χ3v) is 5.44. The quantitative estimate of drug-likeness (QED) is 0.698. The molecule has 6 heteroatoms. The fourth-order valence-corrected chi connectivity index (χ4v) is 3.88. The lowest BCUT2D eigenvalue weighted by Gasteiger charge is -2.33. The van der Waals surface area contributed by atoms with Crippen LogP contribution in [0.5, 0.6) is 5.75 Å². The van der Waals surface area contributed by atoms with Gasteiger partial charge in [-0.1, -0.05) is 35.4 Å². The molecule has 31 heavy (non-hydrogen) atoms. The van der Waals surface area contributed by atoms with E-state index in [2.05, 4.69) is 5.32 Å². The molecule has 0 bridgehead atoms. The van der Waals surface area contributed by atoms with Crippen LogP contribution in [0.2, 0.25) is 0 Å². The third kappa shape index (κ3) is 4.63. The van der Waals surface area contributed by atoms with Crippen molar-refractivity contribution in [1.29, 1.82) is 0 Å². The molecule has 0 unspecified atom stereocenters. The summed E-state index contributed by atoms with van der Waals surface area (Å²) in [5.41, 5.74) is 4.43. The van der Waals surface area contributed by atoms with Crippen LogP contribution in [0.1, 0.15) is 24.0 Å². The Kier molecular flexibility index (Phi) is 6.80. The molecule has 1 aliphatic carbocycles.